The van der Waals surface area contributed by atoms with Crippen LogP contribution in [0.15, 0.2) is 0 Å². The van der Waals surface area contributed by atoms with Crippen LogP contribution >= 0.6 is 0 Å². The molecule has 0 aromatic carbocycles. The second-order valence-electron chi connectivity index (χ2n) is 5.28. The monoisotopic (exact) mass is 257 g/mol. The molecule has 0 heterocycles. The summed E-state index contributed by atoms with van der Waals surface area (Å²) in [6.45, 7) is 4.69. The summed E-state index contributed by atoms with van der Waals surface area (Å²) in [6.07, 6.45) is 10.2. The van der Waals surface area contributed by atoms with Gasteiger partial charge >= 0.3 is 5.97 Å². The maximum absolute atomic E-state index is 11.5. The van der Waals surface area contributed by atoms with Crippen LogP contribution in [0.4, 0.5) is 0 Å². The average Bonchev–Trinajstić information content (AvgIpc) is 2.35. The summed E-state index contributed by atoms with van der Waals surface area (Å²) >= 11 is 0. The molecule has 0 saturated carbocycles. The minimum absolute atomic E-state index is 0.108. The van der Waals surface area contributed by atoms with Gasteiger partial charge in [-0.2, -0.15) is 0 Å². The van der Waals surface area contributed by atoms with E-state index in [1.54, 1.807) is 0 Å². The van der Waals surface area contributed by atoms with Gasteiger partial charge in [-0.1, -0.05) is 51.9 Å². The molecule has 1 atom stereocenters. The molecule has 0 rings (SSSR count). The molecule has 3 nitrogen and oxygen atoms in total. The van der Waals surface area contributed by atoms with E-state index in [1.807, 2.05) is 25.9 Å². The second kappa shape index (κ2) is 11.5. The number of nitrogens with zero attached hydrogens (tertiary/aromatic N) is 1. The quantitative estimate of drug-likeness (QED) is 0.418. The van der Waals surface area contributed by atoms with Crippen molar-refractivity contribution in [3.8, 4) is 0 Å². The Balaban J connectivity index is 3.27. The topological polar surface area (TPSA) is 29.5 Å². The fourth-order valence-corrected chi connectivity index (χ4v) is 1.74. The first-order valence-electron chi connectivity index (χ1n) is 7.42. The van der Waals surface area contributed by atoms with Gasteiger partial charge in [-0.25, -0.2) is 0 Å². The molecule has 0 radical (unpaired) electrons. The normalized spacial score (nSPS) is 12.7. The van der Waals surface area contributed by atoms with Crippen molar-refractivity contribution < 1.29 is 9.53 Å². The van der Waals surface area contributed by atoms with E-state index in [1.165, 1.54) is 44.9 Å². The van der Waals surface area contributed by atoms with Crippen LogP contribution in [0.5, 0.6) is 0 Å². The lowest BCUT2D eigenvalue weighted by Gasteiger charge is -2.17. The molecule has 3 heteroatoms. The summed E-state index contributed by atoms with van der Waals surface area (Å²) < 4.78 is 5.23. The average molecular weight is 257 g/mol. The van der Waals surface area contributed by atoms with Gasteiger partial charge in [-0.05, 0) is 27.4 Å². The number of hydrogen-bond donors (Lipinski definition) is 0. The van der Waals surface area contributed by atoms with Crippen molar-refractivity contribution in [1.82, 2.24) is 4.90 Å². The number of carbonyl (C=O) groups is 1. The van der Waals surface area contributed by atoms with Crippen molar-refractivity contribution in [2.45, 2.75) is 71.3 Å². The van der Waals surface area contributed by atoms with Gasteiger partial charge in [0.25, 0.3) is 0 Å². The summed E-state index contributed by atoms with van der Waals surface area (Å²) in [6, 6.07) is -0.140. The molecule has 0 bridgehead atoms. The Bertz CT molecular complexity index is 205. The Kier molecular flexibility index (Phi) is 11.2. The van der Waals surface area contributed by atoms with E-state index in [4.69, 9.17) is 4.74 Å². The van der Waals surface area contributed by atoms with Crippen molar-refractivity contribution in [3.63, 3.8) is 0 Å². The summed E-state index contributed by atoms with van der Waals surface area (Å²) in [5.74, 6) is -0.108. The zero-order valence-corrected chi connectivity index (χ0v) is 12.7. The molecular formula is C15H31NO2. The fourth-order valence-electron chi connectivity index (χ4n) is 1.74. The molecule has 18 heavy (non-hydrogen) atoms. The Morgan fingerprint density at radius 1 is 1.00 bits per heavy atom. The lowest BCUT2D eigenvalue weighted by atomic mass is 10.1. The van der Waals surface area contributed by atoms with Crippen molar-refractivity contribution in [1.29, 1.82) is 0 Å². The smallest absolute Gasteiger partial charge is 0.323 e. The molecule has 0 spiro atoms. The number of rotatable bonds is 11. The Morgan fingerprint density at radius 3 is 2.00 bits per heavy atom. The Labute approximate surface area is 113 Å². The number of unbranched alkanes of at least 4 members (excludes halogenated alkanes) is 7. The van der Waals surface area contributed by atoms with E-state index >= 15 is 0 Å². The van der Waals surface area contributed by atoms with Crippen LogP contribution in [-0.2, 0) is 9.53 Å². The van der Waals surface area contributed by atoms with Crippen molar-refractivity contribution in [2.24, 2.45) is 0 Å². The zero-order chi connectivity index (χ0) is 13.8. The van der Waals surface area contributed by atoms with Gasteiger partial charge < -0.3 is 4.74 Å². The number of carbonyl (C=O) groups excluding carboxylic acids is 1. The number of likely N-dealkylation sites (N-methyl/N-ethyl adjacent to an activating group) is 1. The van der Waals surface area contributed by atoms with Gasteiger partial charge in [0.05, 0.1) is 6.61 Å². The lowest BCUT2D eigenvalue weighted by molar-refractivity contribution is -0.148. The predicted octanol–water partition coefficient (Wildman–Crippen LogP) is 3.62. The first-order valence-corrected chi connectivity index (χ1v) is 7.42. The standard InChI is InChI=1S/C15H31NO2/c1-5-6-7-8-9-10-11-12-13-18-15(17)14(2)16(3)4/h14H,5-13H2,1-4H3/t14-/m1/s1. The van der Waals surface area contributed by atoms with Crippen molar-refractivity contribution >= 4 is 5.97 Å². The van der Waals surface area contributed by atoms with Crippen LogP contribution in [-0.4, -0.2) is 37.6 Å². The van der Waals surface area contributed by atoms with E-state index in [0.29, 0.717) is 6.61 Å². The van der Waals surface area contributed by atoms with Gasteiger partial charge in [-0.3, -0.25) is 9.69 Å². The number of esters is 1. The molecule has 0 N–H and O–H groups in total. The van der Waals surface area contributed by atoms with Crippen LogP contribution in [0.3, 0.4) is 0 Å². The molecule has 108 valence electrons. The number of ether oxygens (including phenoxy) is 1. The second-order valence-corrected chi connectivity index (χ2v) is 5.28. The fraction of sp³-hybridized carbons (Fsp3) is 0.933. The largest absolute Gasteiger partial charge is 0.465 e. The highest BCUT2D eigenvalue weighted by Gasteiger charge is 2.15. The Morgan fingerprint density at radius 2 is 1.50 bits per heavy atom. The van der Waals surface area contributed by atoms with E-state index in [-0.39, 0.29) is 12.0 Å². The maximum atomic E-state index is 11.5. The number of hydrogen-bond acceptors (Lipinski definition) is 3. The summed E-state index contributed by atoms with van der Waals surface area (Å²) in [5.41, 5.74) is 0. The summed E-state index contributed by atoms with van der Waals surface area (Å²) in [4.78, 5) is 13.4. The van der Waals surface area contributed by atoms with E-state index < -0.39 is 0 Å². The molecule has 0 aromatic heterocycles. The van der Waals surface area contributed by atoms with E-state index in [9.17, 15) is 4.79 Å². The van der Waals surface area contributed by atoms with Gasteiger partial charge in [0.2, 0.25) is 0 Å². The lowest BCUT2D eigenvalue weighted by Crippen LogP contribution is -2.34. The molecule has 0 fully saturated rings. The van der Waals surface area contributed by atoms with Gasteiger partial charge in [0, 0.05) is 0 Å². The third-order valence-corrected chi connectivity index (χ3v) is 3.36. The minimum Gasteiger partial charge on any atom is -0.465 e. The van der Waals surface area contributed by atoms with Gasteiger partial charge in [0.15, 0.2) is 0 Å². The zero-order valence-electron chi connectivity index (χ0n) is 12.7. The summed E-state index contributed by atoms with van der Waals surface area (Å²) in [7, 11) is 3.78. The Hall–Kier alpha value is -0.570. The molecular weight excluding hydrogens is 226 g/mol. The minimum atomic E-state index is -0.140. The van der Waals surface area contributed by atoms with Gasteiger partial charge in [0.1, 0.15) is 6.04 Å². The highest BCUT2D eigenvalue weighted by Crippen LogP contribution is 2.08. The SMILES string of the molecule is CCCCCCCCCCOC(=O)[C@@H](C)N(C)C. The highest BCUT2D eigenvalue weighted by molar-refractivity contribution is 5.75. The van der Waals surface area contributed by atoms with E-state index in [0.717, 1.165) is 6.42 Å². The van der Waals surface area contributed by atoms with Crippen LogP contribution < -0.4 is 0 Å². The molecule has 0 unspecified atom stereocenters. The molecule has 0 saturated heterocycles. The molecule has 0 aliphatic heterocycles. The van der Waals surface area contributed by atoms with E-state index in [2.05, 4.69) is 6.92 Å². The molecule has 0 aliphatic carbocycles. The van der Waals surface area contributed by atoms with Crippen LogP contribution in [0.2, 0.25) is 0 Å². The molecule has 0 aromatic rings. The molecule has 0 aliphatic rings. The van der Waals surface area contributed by atoms with Crippen molar-refractivity contribution in [3.05, 3.63) is 0 Å². The van der Waals surface area contributed by atoms with Gasteiger partial charge in [-0.15, -0.1) is 0 Å². The predicted molar refractivity (Wildman–Crippen MR) is 76.7 cm³/mol. The van der Waals surface area contributed by atoms with Crippen LogP contribution in [0.25, 0.3) is 0 Å². The maximum Gasteiger partial charge on any atom is 0.323 e. The third-order valence-electron chi connectivity index (χ3n) is 3.36. The van der Waals surface area contributed by atoms with Crippen LogP contribution in [0.1, 0.15) is 65.2 Å². The first-order chi connectivity index (χ1) is 8.59. The van der Waals surface area contributed by atoms with Crippen LogP contribution in [0, 0.1) is 0 Å². The first kappa shape index (κ1) is 17.4. The molecule has 0 amide bonds. The van der Waals surface area contributed by atoms with Crippen molar-refractivity contribution in [2.75, 3.05) is 20.7 Å². The third kappa shape index (κ3) is 9.46. The summed E-state index contributed by atoms with van der Waals surface area (Å²) in [5, 5.41) is 0. The highest BCUT2D eigenvalue weighted by atomic mass is 16.5.